The molecule has 1 rings (SSSR count). The summed E-state index contributed by atoms with van der Waals surface area (Å²) < 4.78 is 31.1. The quantitative estimate of drug-likeness (QED) is 0.460. The van der Waals surface area contributed by atoms with Crippen molar-refractivity contribution in [3.8, 4) is 0 Å². The van der Waals surface area contributed by atoms with E-state index in [4.69, 9.17) is 28.4 Å². The first-order valence-corrected chi connectivity index (χ1v) is 7.49. The summed E-state index contributed by atoms with van der Waals surface area (Å²) in [7, 11) is 1.29. The van der Waals surface area contributed by atoms with E-state index in [1.807, 2.05) is 0 Å². The van der Waals surface area contributed by atoms with Gasteiger partial charge in [-0.2, -0.15) is 0 Å². The van der Waals surface area contributed by atoms with Gasteiger partial charge in [-0.25, -0.2) is 0 Å². The van der Waals surface area contributed by atoms with Crippen molar-refractivity contribution >= 4 is 23.9 Å². The summed E-state index contributed by atoms with van der Waals surface area (Å²) in [5, 5.41) is 0. The molecule has 0 spiro atoms. The van der Waals surface area contributed by atoms with Crippen LogP contribution in [0.3, 0.4) is 0 Å². The lowest BCUT2D eigenvalue weighted by Gasteiger charge is -2.43. The molecule has 10 heteroatoms. The third-order valence-electron chi connectivity index (χ3n) is 3.18. The summed E-state index contributed by atoms with van der Waals surface area (Å²) in [5.74, 6) is -2.63. The second-order valence-electron chi connectivity index (χ2n) is 5.30. The monoisotopic (exact) mass is 362 g/mol. The van der Waals surface area contributed by atoms with Gasteiger partial charge in [0.1, 0.15) is 12.7 Å². The van der Waals surface area contributed by atoms with E-state index in [1.54, 1.807) is 0 Å². The molecule has 0 saturated carbocycles. The fourth-order valence-corrected chi connectivity index (χ4v) is 2.38. The first-order chi connectivity index (χ1) is 11.6. The van der Waals surface area contributed by atoms with E-state index in [0.29, 0.717) is 0 Å². The molecule has 0 aromatic rings. The molecule has 1 fully saturated rings. The van der Waals surface area contributed by atoms with Gasteiger partial charge in [-0.05, 0) is 0 Å². The number of ether oxygens (including phenoxy) is 6. The molecule has 0 amide bonds. The molecule has 1 saturated heterocycles. The zero-order valence-corrected chi connectivity index (χ0v) is 14.7. The van der Waals surface area contributed by atoms with Crippen molar-refractivity contribution < 1.29 is 47.6 Å². The molecular weight excluding hydrogens is 340 g/mol. The molecule has 0 unspecified atom stereocenters. The summed E-state index contributed by atoms with van der Waals surface area (Å²) in [6.45, 7) is 4.37. The van der Waals surface area contributed by atoms with Crippen LogP contribution < -0.4 is 0 Å². The molecule has 25 heavy (non-hydrogen) atoms. The molecule has 142 valence electrons. The van der Waals surface area contributed by atoms with Gasteiger partial charge >= 0.3 is 23.9 Å². The van der Waals surface area contributed by atoms with Crippen molar-refractivity contribution in [3.05, 3.63) is 0 Å². The number of methoxy groups -OCH3 is 1. The van der Waals surface area contributed by atoms with Crippen LogP contribution in [-0.2, 0) is 47.6 Å². The van der Waals surface area contributed by atoms with Crippen molar-refractivity contribution in [2.45, 2.75) is 58.4 Å². The number of carbonyl (C=O) groups is 4. The Labute approximate surface area is 144 Å². The molecule has 0 bridgehead atoms. The van der Waals surface area contributed by atoms with E-state index in [2.05, 4.69) is 0 Å². The molecule has 5 atom stereocenters. The SMILES string of the molecule is CO[C@H]1O[C@H](COC(C)=O)[C@@H](OC(C)=O)[C@H](OC(C)=O)[C@@H]1OC(C)=O. The fourth-order valence-electron chi connectivity index (χ4n) is 2.38. The van der Waals surface area contributed by atoms with E-state index in [1.165, 1.54) is 14.0 Å². The van der Waals surface area contributed by atoms with E-state index in [0.717, 1.165) is 20.8 Å². The molecule has 0 aliphatic carbocycles. The Morgan fingerprint density at radius 1 is 0.760 bits per heavy atom. The van der Waals surface area contributed by atoms with Crippen LogP contribution in [0.4, 0.5) is 0 Å². The van der Waals surface area contributed by atoms with Crippen LogP contribution in [0.15, 0.2) is 0 Å². The highest BCUT2D eigenvalue weighted by Crippen LogP contribution is 2.29. The lowest BCUT2D eigenvalue weighted by Crippen LogP contribution is -2.62. The van der Waals surface area contributed by atoms with Crippen molar-refractivity contribution in [2.24, 2.45) is 0 Å². The van der Waals surface area contributed by atoms with Gasteiger partial charge in [-0.1, -0.05) is 0 Å². The number of hydrogen-bond acceptors (Lipinski definition) is 10. The van der Waals surface area contributed by atoms with E-state index in [-0.39, 0.29) is 6.61 Å². The van der Waals surface area contributed by atoms with Gasteiger partial charge in [0.05, 0.1) is 0 Å². The molecule has 1 heterocycles. The molecule has 1 aliphatic rings. The van der Waals surface area contributed by atoms with Crippen LogP contribution in [0.1, 0.15) is 27.7 Å². The lowest BCUT2D eigenvalue weighted by molar-refractivity contribution is -0.302. The van der Waals surface area contributed by atoms with E-state index in [9.17, 15) is 19.2 Å². The average molecular weight is 362 g/mol. The maximum absolute atomic E-state index is 11.5. The van der Waals surface area contributed by atoms with Gasteiger partial charge in [0.25, 0.3) is 0 Å². The predicted octanol–water partition coefficient (Wildman–Crippen LogP) is -0.284. The Kier molecular flexibility index (Phi) is 7.78. The van der Waals surface area contributed by atoms with E-state index >= 15 is 0 Å². The molecule has 0 aromatic carbocycles. The van der Waals surface area contributed by atoms with Crippen molar-refractivity contribution in [1.82, 2.24) is 0 Å². The highest BCUT2D eigenvalue weighted by molar-refractivity contribution is 5.68. The maximum Gasteiger partial charge on any atom is 0.303 e. The van der Waals surface area contributed by atoms with E-state index < -0.39 is 54.6 Å². The minimum atomic E-state index is -1.20. The van der Waals surface area contributed by atoms with Gasteiger partial charge in [0.2, 0.25) is 0 Å². The van der Waals surface area contributed by atoms with Crippen molar-refractivity contribution in [2.75, 3.05) is 13.7 Å². The zero-order chi connectivity index (χ0) is 19.1. The molecule has 0 radical (unpaired) electrons. The highest BCUT2D eigenvalue weighted by atomic mass is 16.7. The second-order valence-corrected chi connectivity index (χ2v) is 5.30. The molecule has 0 aromatic heterocycles. The highest BCUT2D eigenvalue weighted by Gasteiger charge is 2.52. The van der Waals surface area contributed by atoms with Crippen LogP contribution in [0.25, 0.3) is 0 Å². The summed E-state index contributed by atoms with van der Waals surface area (Å²) in [5.41, 5.74) is 0. The fraction of sp³-hybridized carbons (Fsp3) is 0.733. The topological polar surface area (TPSA) is 124 Å². The lowest BCUT2D eigenvalue weighted by atomic mass is 9.98. The summed E-state index contributed by atoms with van der Waals surface area (Å²) >= 11 is 0. The minimum Gasteiger partial charge on any atom is -0.463 e. The summed E-state index contributed by atoms with van der Waals surface area (Å²) in [6.07, 6.45) is -5.67. The van der Waals surface area contributed by atoms with Crippen LogP contribution >= 0.6 is 0 Å². The van der Waals surface area contributed by atoms with Gasteiger partial charge < -0.3 is 28.4 Å². The minimum absolute atomic E-state index is 0.280. The van der Waals surface area contributed by atoms with Crippen molar-refractivity contribution in [1.29, 1.82) is 0 Å². The van der Waals surface area contributed by atoms with Crippen LogP contribution in [0.2, 0.25) is 0 Å². The van der Waals surface area contributed by atoms with Crippen LogP contribution in [0, 0.1) is 0 Å². The number of esters is 4. The van der Waals surface area contributed by atoms with Crippen molar-refractivity contribution in [3.63, 3.8) is 0 Å². The summed E-state index contributed by atoms with van der Waals surface area (Å²) in [6, 6.07) is 0. The Balaban J connectivity index is 3.18. The number of hydrogen-bond donors (Lipinski definition) is 0. The largest absolute Gasteiger partial charge is 0.463 e. The van der Waals surface area contributed by atoms with Crippen LogP contribution in [-0.4, -0.2) is 68.3 Å². The molecular formula is C15H22O10. The van der Waals surface area contributed by atoms with Crippen LogP contribution in [0.5, 0.6) is 0 Å². The van der Waals surface area contributed by atoms with Gasteiger partial charge in [0.15, 0.2) is 24.6 Å². The average Bonchev–Trinajstić information content (AvgIpc) is 2.48. The normalized spacial score (nSPS) is 28.6. The smallest absolute Gasteiger partial charge is 0.303 e. The van der Waals surface area contributed by atoms with Gasteiger partial charge in [-0.3, -0.25) is 19.2 Å². The molecule has 1 aliphatic heterocycles. The number of rotatable bonds is 6. The third-order valence-corrected chi connectivity index (χ3v) is 3.18. The standard InChI is InChI=1S/C15H22O10/c1-7(16)21-6-11-12(22-8(2)17)13(23-9(3)18)14(24-10(4)19)15(20-5)25-11/h11-15H,6H2,1-5H3/t11-,12-,13+,14+,15+/m1/s1. The van der Waals surface area contributed by atoms with Gasteiger partial charge in [-0.15, -0.1) is 0 Å². The Bertz CT molecular complexity index is 516. The Morgan fingerprint density at radius 3 is 1.68 bits per heavy atom. The number of carbonyl (C=O) groups excluding carboxylic acids is 4. The Hall–Kier alpha value is -2.20. The Morgan fingerprint density at radius 2 is 1.24 bits per heavy atom. The van der Waals surface area contributed by atoms with Gasteiger partial charge in [0, 0.05) is 34.8 Å². The molecule has 0 N–H and O–H groups in total. The summed E-state index contributed by atoms with van der Waals surface area (Å²) in [4.78, 5) is 45.4. The second kappa shape index (κ2) is 9.33. The zero-order valence-electron chi connectivity index (χ0n) is 14.7. The maximum atomic E-state index is 11.5. The first-order valence-electron chi connectivity index (χ1n) is 7.49. The third kappa shape index (κ3) is 6.31. The molecule has 10 nitrogen and oxygen atoms in total. The first kappa shape index (κ1) is 20.8. The predicted molar refractivity (Wildman–Crippen MR) is 79.0 cm³/mol.